The molecule has 2 aliphatic rings. The number of hydrogen-bond acceptors (Lipinski definition) is 2. The van der Waals surface area contributed by atoms with Crippen LogP contribution in [0.4, 0.5) is 0 Å². The van der Waals surface area contributed by atoms with Crippen LogP contribution in [-0.2, 0) is 4.79 Å². The normalized spacial score (nSPS) is 28.8. The second kappa shape index (κ2) is 4.60. The Morgan fingerprint density at radius 2 is 1.53 bits per heavy atom. The molecule has 1 N–H and O–H groups in total. The van der Waals surface area contributed by atoms with Crippen LogP contribution in [-0.4, -0.2) is 34.6 Å². The van der Waals surface area contributed by atoms with Crippen molar-refractivity contribution in [3.8, 4) is 0 Å². The smallest absolute Gasteiger partial charge is 0.324 e. The van der Waals surface area contributed by atoms with Crippen LogP contribution in [0.1, 0.15) is 58.8 Å². The summed E-state index contributed by atoms with van der Waals surface area (Å²) in [5, 5.41) is 9.63. The minimum Gasteiger partial charge on any atom is -0.480 e. The van der Waals surface area contributed by atoms with Gasteiger partial charge in [-0.15, -0.1) is 0 Å². The Morgan fingerprint density at radius 3 is 2.00 bits per heavy atom. The zero-order valence-electron chi connectivity index (χ0n) is 11.2. The monoisotopic (exact) mass is 239 g/mol. The fourth-order valence-electron chi connectivity index (χ4n) is 3.34. The fraction of sp³-hybridized carbons (Fsp3) is 0.929. The number of nitrogens with zero attached hydrogens (tertiary/aromatic N) is 1. The summed E-state index contributed by atoms with van der Waals surface area (Å²) >= 11 is 0. The van der Waals surface area contributed by atoms with Crippen LogP contribution >= 0.6 is 0 Å². The minimum absolute atomic E-state index is 0.394. The van der Waals surface area contributed by atoms with Crippen molar-refractivity contribution in [3.63, 3.8) is 0 Å². The molecule has 98 valence electrons. The van der Waals surface area contributed by atoms with Gasteiger partial charge in [-0.1, -0.05) is 33.1 Å². The molecule has 3 nitrogen and oxygen atoms in total. The highest BCUT2D eigenvalue weighted by Gasteiger charge is 2.46. The van der Waals surface area contributed by atoms with Gasteiger partial charge >= 0.3 is 5.97 Å². The van der Waals surface area contributed by atoms with E-state index in [2.05, 4.69) is 18.7 Å². The number of aliphatic carboxylic acids is 1. The van der Waals surface area contributed by atoms with E-state index in [0.717, 1.165) is 51.6 Å². The molecule has 1 aliphatic carbocycles. The van der Waals surface area contributed by atoms with Gasteiger partial charge in [0.05, 0.1) is 0 Å². The van der Waals surface area contributed by atoms with Crippen molar-refractivity contribution in [1.82, 2.24) is 4.90 Å². The molecule has 2 rings (SSSR count). The topological polar surface area (TPSA) is 40.5 Å². The average molecular weight is 239 g/mol. The van der Waals surface area contributed by atoms with E-state index < -0.39 is 11.5 Å². The predicted molar refractivity (Wildman–Crippen MR) is 68.0 cm³/mol. The Kier molecular flexibility index (Phi) is 3.48. The van der Waals surface area contributed by atoms with Crippen LogP contribution in [0.2, 0.25) is 0 Å². The second-order valence-corrected chi connectivity index (χ2v) is 6.55. The standard InChI is InChI=1S/C14H25NO2/c1-13(2)8-10-15(11-9-13)14(12(16)17)6-4-3-5-7-14/h3-11H2,1-2H3,(H,16,17). The maximum atomic E-state index is 11.7. The molecule has 0 aromatic carbocycles. The Hall–Kier alpha value is -0.570. The summed E-state index contributed by atoms with van der Waals surface area (Å²) in [7, 11) is 0. The molecule has 1 heterocycles. The van der Waals surface area contributed by atoms with Gasteiger partial charge in [-0.2, -0.15) is 0 Å². The second-order valence-electron chi connectivity index (χ2n) is 6.55. The summed E-state index contributed by atoms with van der Waals surface area (Å²) in [4.78, 5) is 14.0. The molecule has 0 aromatic heterocycles. The van der Waals surface area contributed by atoms with E-state index in [1.807, 2.05) is 0 Å². The van der Waals surface area contributed by atoms with Crippen molar-refractivity contribution in [2.24, 2.45) is 5.41 Å². The Bertz CT molecular complexity index is 283. The molecule has 0 unspecified atom stereocenters. The molecule has 0 bridgehead atoms. The van der Waals surface area contributed by atoms with Crippen LogP contribution in [0.25, 0.3) is 0 Å². The Labute approximate surface area is 104 Å². The van der Waals surface area contributed by atoms with E-state index in [1.54, 1.807) is 0 Å². The number of hydrogen-bond donors (Lipinski definition) is 1. The number of carboxylic acid groups (broad SMARTS) is 1. The van der Waals surface area contributed by atoms with Crippen molar-refractivity contribution in [1.29, 1.82) is 0 Å². The summed E-state index contributed by atoms with van der Waals surface area (Å²) in [6.07, 6.45) is 7.31. The van der Waals surface area contributed by atoms with Crippen molar-refractivity contribution < 1.29 is 9.90 Å². The van der Waals surface area contributed by atoms with Crippen LogP contribution in [0, 0.1) is 5.41 Å². The number of rotatable bonds is 2. The first-order chi connectivity index (χ1) is 7.96. The summed E-state index contributed by atoms with van der Waals surface area (Å²) in [6.45, 7) is 6.50. The van der Waals surface area contributed by atoms with Gasteiger partial charge in [0.2, 0.25) is 0 Å². The van der Waals surface area contributed by atoms with E-state index in [0.29, 0.717) is 5.41 Å². The highest BCUT2D eigenvalue weighted by atomic mass is 16.4. The maximum absolute atomic E-state index is 11.7. The number of piperidine rings is 1. The molecule has 1 aliphatic heterocycles. The lowest BCUT2D eigenvalue weighted by molar-refractivity contribution is -0.156. The molecular formula is C14H25NO2. The van der Waals surface area contributed by atoms with Crippen LogP contribution < -0.4 is 0 Å². The lowest BCUT2D eigenvalue weighted by atomic mass is 9.76. The molecule has 17 heavy (non-hydrogen) atoms. The molecule has 0 spiro atoms. The molecule has 1 saturated carbocycles. The largest absolute Gasteiger partial charge is 0.480 e. The number of likely N-dealkylation sites (tertiary alicyclic amines) is 1. The van der Waals surface area contributed by atoms with Crippen molar-refractivity contribution in [3.05, 3.63) is 0 Å². The van der Waals surface area contributed by atoms with E-state index in [1.165, 1.54) is 6.42 Å². The van der Waals surface area contributed by atoms with Gasteiger partial charge in [0.15, 0.2) is 0 Å². The Balaban J connectivity index is 2.10. The first kappa shape index (κ1) is 12.9. The van der Waals surface area contributed by atoms with Gasteiger partial charge in [-0.25, -0.2) is 0 Å². The number of carboxylic acids is 1. The summed E-state index contributed by atoms with van der Waals surface area (Å²) in [5.74, 6) is -0.586. The summed E-state index contributed by atoms with van der Waals surface area (Å²) < 4.78 is 0. The first-order valence-corrected chi connectivity index (χ1v) is 6.95. The van der Waals surface area contributed by atoms with Crippen molar-refractivity contribution in [2.45, 2.75) is 64.3 Å². The average Bonchev–Trinajstić information content (AvgIpc) is 2.29. The van der Waals surface area contributed by atoms with Gasteiger partial charge in [-0.3, -0.25) is 9.69 Å². The predicted octanol–water partition coefficient (Wildman–Crippen LogP) is 2.90. The zero-order chi connectivity index (χ0) is 12.5. The SMILES string of the molecule is CC1(C)CCN(C2(C(=O)O)CCCCC2)CC1. The molecule has 1 saturated heterocycles. The van der Waals surface area contributed by atoms with E-state index >= 15 is 0 Å². The lowest BCUT2D eigenvalue weighted by Gasteiger charge is -2.48. The third-order valence-corrected chi connectivity index (χ3v) is 4.80. The molecular weight excluding hydrogens is 214 g/mol. The maximum Gasteiger partial charge on any atom is 0.324 e. The third-order valence-electron chi connectivity index (χ3n) is 4.80. The van der Waals surface area contributed by atoms with Gasteiger partial charge < -0.3 is 5.11 Å². The molecule has 2 fully saturated rings. The highest BCUT2D eigenvalue weighted by molar-refractivity contribution is 5.79. The van der Waals surface area contributed by atoms with E-state index in [9.17, 15) is 9.90 Å². The number of carbonyl (C=O) groups is 1. The summed E-state index contributed by atoms with van der Waals surface area (Å²) in [6, 6.07) is 0. The van der Waals surface area contributed by atoms with E-state index in [4.69, 9.17) is 0 Å². The van der Waals surface area contributed by atoms with Gasteiger partial charge in [0.1, 0.15) is 5.54 Å². The molecule has 0 aromatic rings. The zero-order valence-corrected chi connectivity index (χ0v) is 11.2. The van der Waals surface area contributed by atoms with Crippen molar-refractivity contribution in [2.75, 3.05) is 13.1 Å². The first-order valence-electron chi connectivity index (χ1n) is 6.95. The fourth-order valence-corrected chi connectivity index (χ4v) is 3.34. The van der Waals surface area contributed by atoms with Gasteiger partial charge in [-0.05, 0) is 44.2 Å². The lowest BCUT2D eigenvalue weighted by Crippen LogP contribution is -2.58. The van der Waals surface area contributed by atoms with Crippen LogP contribution in [0.5, 0.6) is 0 Å². The van der Waals surface area contributed by atoms with Gasteiger partial charge in [0.25, 0.3) is 0 Å². The van der Waals surface area contributed by atoms with Crippen LogP contribution in [0.15, 0.2) is 0 Å². The molecule has 0 radical (unpaired) electrons. The van der Waals surface area contributed by atoms with Crippen molar-refractivity contribution >= 4 is 5.97 Å². The molecule has 0 amide bonds. The van der Waals surface area contributed by atoms with Gasteiger partial charge in [0, 0.05) is 0 Å². The highest BCUT2D eigenvalue weighted by Crippen LogP contribution is 2.39. The molecule has 0 atom stereocenters. The minimum atomic E-state index is -0.586. The van der Waals surface area contributed by atoms with E-state index in [-0.39, 0.29) is 0 Å². The van der Waals surface area contributed by atoms with Crippen LogP contribution in [0.3, 0.4) is 0 Å². The quantitative estimate of drug-likeness (QED) is 0.805. The summed E-state index contributed by atoms with van der Waals surface area (Å²) in [5.41, 5.74) is -0.139. The molecule has 3 heteroatoms. The Morgan fingerprint density at radius 1 is 1.00 bits per heavy atom. The third kappa shape index (κ3) is 2.49.